The Morgan fingerprint density at radius 2 is 2.07 bits per heavy atom. The van der Waals surface area contributed by atoms with Gasteiger partial charge in [0, 0.05) is 33.0 Å². The summed E-state index contributed by atoms with van der Waals surface area (Å²) in [4.78, 5) is 17.9. The third-order valence-electron chi connectivity index (χ3n) is 4.12. The molecular weight excluding hydrogens is 426 g/mol. The number of carbonyl (C=O) groups excluding carboxylic acids is 1. The topological polar surface area (TPSA) is 55.6 Å². The second-order valence-electron chi connectivity index (χ2n) is 5.97. The second kappa shape index (κ2) is 7.54. The minimum atomic E-state index is -0.0614. The number of ether oxygens (including phenoxy) is 1. The van der Waals surface area contributed by atoms with Gasteiger partial charge in [0.05, 0.1) is 19.2 Å². The lowest BCUT2D eigenvalue weighted by molar-refractivity contribution is -0.115. The van der Waals surface area contributed by atoms with E-state index >= 15 is 0 Å². The molecule has 4 aromatic rings. The van der Waals surface area contributed by atoms with Crippen LogP contribution < -0.4 is 10.1 Å². The first-order chi connectivity index (χ1) is 13.1. The Morgan fingerprint density at radius 1 is 1.26 bits per heavy atom. The quantitative estimate of drug-likeness (QED) is 0.473. The number of nitrogens with one attached hydrogen (secondary N) is 1. The molecule has 0 aliphatic carbocycles. The molecule has 0 atom stereocenters. The first-order valence-electron chi connectivity index (χ1n) is 8.28. The van der Waals surface area contributed by atoms with Gasteiger partial charge in [0.15, 0.2) is 4.96 Å². The Hall–Kier alpha value is -2.64. The summed E-state index contributed by atoms with van der Waals surface area (Å²) >= 11 is 4.91. The Bertz CT molecular complexity index is 1100. The van der Waals surface area contributed by atoms with Crippen molar-refractivity contribution in [2.45, 2.75) is 6.42 Å². The number of methoxy groups -OCH3 is 1. The van der Waals surface area contributed by atoms with E-state index in [9.17, 15) is 4.79 Å². The van der Waals surface area contributed by atoms with E-state index in [1.807, 2.05) is 64.5 Å². The fourth-order valence-corrected chi connectivity index (χ4v) is 3.92. The third kappa shape index (κ3) is 3.89. The average Bonchev–Trinajstić information content (AvgIpc) is 3.26. The molecule has 0 radical (unpaired) electrons. The number of rotatable bonds is 5. The van der Waals surface area contributed by atoms with E-state index in [1.54, 1.807) is 7.11 Å². The predicted octanol–water partition coefficient (Wildman–Crippen LogP) is 5.02. The number of hydrogen-bond acceptors (Lipinski definition) is 4. The molecule has 0 saturated heterocycles. The molecule has 4 rings (SSSR count). The normalized spacial score (nSPS) is 10.9. The van der Waals surface area contributed by atoms with E-state index in [0.29, 0.717) is 0 Å². The van der Waals surface area contributed by atoms with Gasteiger partial charge in [-0.1, -0.05) is 28.1 Å². The first kappa shape index (κ1) is 17.8. The molecule has 136 valence electrons. The molecule has 5 nitrogen and oxygen atoms in total. The molecule has 2 aromatic carbocycles. The van der Waals surface area contributed by atoms with E-state index in [0.717, 1.165) is 37.8 Å². The maximum atomic E-state index is 12.4. The van der Waals surface area contributed by atoms with Gasteiger partial charge in [-0.05, 0) is 36.4 Å². The summed E-state index contributed by atoms with van der Waals surface area (Å²) in [6.45, 7) is 0. The van der Waals surface area contributed by atoms with Gasteiger partial charge in [-0.15, -0.1) is 11.3 Å². The summed E-state index contributed by atoms with van der Waals surface area (Å²) < 4.78 is 8.23. The minimum Gasteiger partial charge on any atom is -0.497 e. The number of benzene rings is 2. The van der Waals surface area contributed by atoms with Crippen LogP contribution in [-0.4, -0.2) is 22.4 Å². The standard InChI is InChI=1S/C20H16BrN3O2S/c1-26-17-4-2-3-13(9-17)18-11-24-16(12-27-20(24)23-18)10-19(25)22-15-7-5-14(21)6-8-15/h2-9,11-12H,10H2,1H3,(H,22,25). The molecule has 2 heterocycles. The zero-order chi connectivity index (χ0) is 18.8. The molecule has 27 heavy (non-hydrogen) atoms. The van der Waals surface area contributed by atoms with Crippen molar-refractivity contribution in [1.29, 1.82) is 0 Å². The number of halogens is 1. The van der Waals surface area contributed by atoms with Gasteiger partial charge >= 0.3 is 0 Å². The molecule has 0 bridgehead atoms. The van der Waals surface area contributed by atoms with E-state index < -0.39 is 0 Å². The predicted molar refractivity (Wildman–Crippen MR) is 112 cm³/mol. The lowest BCUT2D eigenvalue weighted by atomic mass is 10.1. The van der Waals surface area contributed by atoms with Crippen molar-refractivity contribution in [3.05, 3.63) is 70.3 Å². The van der Waals surface area contributed by atoms with Crippen LogP contribution in [0.5, 0.6) is 5.75 Å². The van der Waals surface area contributed by atoms with Crippen molar-refractivity contribution >= 4 is 43.8 Å². The van der Waals surface area contributed by atoms with Crippen molar-refractivity contribution in [3.8, 4) is 17.0 Å². The monoisotopic (exact) mass is 441 g/mol. The number of anilines is 1. The zero-order valence-electron chi connectivity index (χ0n) is 14.5. The van der Waals surface area contributed by atoms with Crippen molar-refractivity contribution < 1.29 is 9.53 Å². The van der Waals surface area contributed by atoms with Crippen LogP contribution in [0.3, 0.4) is 0 Å². The summed E-state index contributed by atoms with van der Waals surface area (Å²) in [5, 5.41) is 4.89. The van der Waals surface area contributed by atoms with E-state index in [4.69, 9.17) is 4.74 Å². The molecule has 1 amide bonds. The maximum Gasteiger partial charge on any atom is 0.230 e. The highest BCUT2D eigenvalue weighted by Gasteiger charge is 2.13. The summed E-state index contributed by atoms with van der Waals surface area (Å²) in [6, 6.07) is 15.3. The molecule has 7 heteroatoms. The van der Waals surface area contributed by atoms with Crippen LogP contribution in [0.15, 0.2) is 64.6 Å². The van der Waals surface area contributed by atoms with E-state index in [2.05, 4.69) is 26.2 Å². The van der Waals surface area contributed by atoms with Gasteiger partial charge in [-0.25, -0.2) is 4.98 Å². The van der Waals surface area contributed by atoms with Gasteiger partial charge in [0.1, 0.15) is 5.75 Å². The number of aromatic nitrogens is 2. The van der Waals surface area contributed by atoms with Crippen LogP contribution in [0.4, 0.5) is 5.69 Å². The molecule has 0 aliphatic heterocycles. The summed E-state index contributed by atoms with van der Waals surface area (Å²) in [5.41, 5.74) is 3.52. The van der Waals surface area contributed by atoms with E-state index in [-0.39, 0.29) is 12.3 Å². The number of imidazole rings is 1. The summed E-state index contributed by atoms with van der Waals surface area (Å²) in [5.74, 6) is 0.728. The number of nitrogens with zero attached hydrogens (tertiary/aromatic N) is 2. The third-order valence-corrected chi connectivity index (χ3v) is 5.54. The molecule has 0 unspecified atom stereocenters. The van der Waals surface area contributed by atoms with Crippen LogP contribution >= 0.6 is 27.3 Å². The van der Waals surface area contributed by atoms with Crippen molar-refractivity contribution in [3.63, 3.8) is 0 Å². The number of fused-ring (bicyclic) bond motifs is 1. The van der Waals surface area contributed by atoms with Crippen LogP contribution in [0.25, 0.3) is 16.2 Å². The van der Waals surface area contributed by atoms with Gasteiger partial charge in [0.2, 0.25) is 5.91 Å². The summed E-state index contributed by atoms with van der Waals surface area (Å²) in [6.07, 6.45) is 2.24. The summed E-state index contributed by atoms with van der Waals surface area (Å²) in [7, 11) is 1.65. The Morgan fingerprint density at radius 3 is 2.85 bits per heavy atom. The highest BCUT2D eigenvalue weighted by Crippen LogP contribution is 2.26. The molecular formula is C20H16BrN3O2S. The van der Waals surface area contributed by atoms with Crippen LogP contribution in [-0.2, 0) is 11.2 Å². The fraction of sp³-hybridized carbons (Fsp3) is 0.100. The molecule has 1 N–H and O–H groups in total. The highest BCUT2D eigenvalue weighted by atomic mass is 79.9. The van der Waals surface area contributed by atoms with Crippen molar-refractivity contribution in [1.82, 2.24) is 9.38 Å². The number of carbonyl (C=O) groups is 1. The van der Waals surface area contributed by atoms with Gasteiger partial charge in [-0.2, -0.15) is 0 Å². The van der Waals surface area contributed by atoms with Crippen LogP contribution in [0, 0.1) is 0 Å². The largest absolute Gasteiger partial charge is 0.497 e. The maximum absolute atomic E-state index is 12.4. The Kier molecular flexibility index (Phi) is 4.96. The Labute approximate surface area is 168 Å². The second-order valence-corrected chi connectivity index (χ2v) is 7.72. The smallest absolute Gasteiger partial charge is 0.230 e. The molecule has 0 spiro atoms. The minimum absolute atomic E-state index is 0.0614. The molecule has 2 aromatic heterocycles. The van der Waals surface area contributed by atoms with Crippen molar-refractivity contribution in [2.75, 3.05) is 12.4 Å². The first-order valence-corrected chi connectivity index (χ1v) is 9.95. The van der Waals surface area contributed by atoms with Crippen LogP contribution in [0.2, 0.25) is 0 Å². The van der Waals surface area contributed by atoms with Gasteiger partial charge in [0.25, 0.3) is 0 Å². The number of hydrogen-bond donors (Lipinski definition) is 1. The fourth-order valence-electron chi connectivity index (χ4n) is 2.78. The number of thiazole rings is 1. The highest BCUT2D eigenvalue weighted by molar-refractivity contribution is 9.10. The number of amides is 1. The van der Waals surface area contributed by atoms with Crippen LogP contribution in [0.1, 0.15) is 5.69 Å². The Balaban J connectivity index is 1.55. The molecule has 0 aliphatic rings. The van der Waals surface area contributed by atoms with Gasteiger partial charge in [-0.3, -0.25) is 9.20 Å². The van der Waals surface area contributed by atoms with Gasteiger partial charge < -0.3 is 10.1 Å². The SMILES string of the molecule is COc1cccc(-c2cn3c(CC(=O)Nc4ccc(Br)cc4)csc3n2)c1. The molecule has 0 saturated carbocycles. The lowest BCUT2D eigenvalue weighted by Crippen LogP contribution is -2.15. The van der Waals surface area contributed by atoms with E-state index in [1.165, 1.54) is 11.3 Å². The van der Waals surface area contributed by atoms with Crippen molar-refractivity contribution in [2.24, 2.45) is 0 Å². The average molecular weight is 442 g/mol. The zero-order valence-corrected chi connectivity index (χ0v) is 16.9. The lowest BCUT2D eigenvalue weighted by Gasteiger charge is -2.05. The molecule has 0 fully saturated rings.